The van der Waals surface area contributed by atoms with E-state index in [1.165, 1.54) is 22.3 Å². The molecule has 0 aliphatic rings. The summed E-state index contributed by atoms with van der Waals surface area (Å²) < 4.78 is 0. The first-order valence-corrected chi connectivity index (χ1v) is 5.76. The molecule has 0 N–H and O–H groups in total. The molecule has 2 rings (SSSR count). The molecule has 81 valence electrons. The molecular formula is C16H17. The summed E-state index contributed by atoms with van der Waals surface area (Å²) in [5.74, 6) is 0.556. The van der Waals surface area contributed by atoms with Gasteiger partial charge in [-0.1, -0.05) is 56.3 Å². The Morgan fingerprint density at radius 2 is 1.81 bits per heavy atom. The molecule has 0 aliphatic carbocycles. The molecule has 1 radical (unpaired) electrons. The van der Waals surface area contributed by atoms with Crippen LogP contribution < -0.4 is 0 Å². The molecule has 0 saturated heterocycles. The average Bonchev–Trinajstić information content (AvgIpc) is 2.29. The van der Waals surface area contributed by atoms with Gasteiger partial charge in [-0.15, -0.1) is 0 Å². The van der Waals surface area contributed by atoms with Gasteiger partial charge in [0.15, 0.2) is 0 Å². The molecule has 0 bridgehead atoms. The van der Waals surface area contributed by atoms with E-state index in [1.807, 2.05) is 6.07 Å². The van der Waals surface area contributed by atoms with E-state index in [-0.39, 0.29) is 0 Å². The number of hydrogen-bond donors (Lipinski definition) is 0. The SMILES string of the molecule is Cc1[c]ccc(-c2ccccc2C(C)C)c1. The topological polar surface area (TPSA) is 0 Å². The highest BCUT2D eigenvalue weighted by Gasteiger charge is 2.07. The van der Waals surface area contributed by atoms with Gasteiger partial charge in [0.2, 0.25) is 0 Å². The Morgan fingerprint density at radius 3 is 2.50 bits per heavy atom. The largest absolute Gasteiger partial charge is 0.0619 e. The van der Waals surface area contributed by atoms with Gasteiger partial charge in [-0.2, -0.15) is 0 Å². The van der Waals surface area contributed by atoms with Gasteiger partial charge in [-0.05, 0) is 41.2 Å². The van der Waals surface area contributed by atoms with Crippen molar-refractivity contribution in [1.29, 1.82) is 0 Å². The number of aryl methyl sites for hydroxylation is 1. The highest BCUT2D eigenvalue weighted by atomic mass is 14.1. The van der Waals surface area contributed by atoms with Gasteiger partial charge in [-0.25, -0.2) is 0 Å². The molecule has 16 heavy (non-hydrogen) atoms. The summed E-state index contributed by atoms with van der Waals surface area (Å²) in [5.41, 5.74) is 5.24. The van der Waals surface area contributed by atoms with Crippen LogP contribution in [-0.4, -0.2) is 0 Å². The summed E-state index contributed by atoms with van der Waals surface area (Å²) in [6.45, 7) is 6.56. The van der Waals surface area contributed by atoms with Gasteiger partial charge in [0.05, 0.1) is 0 Å². The molecule has 0 heteroatoms. The fraction of sp³-hybridized carbons (Fsp3) is 0.250. The number of benzene rings is 2. The highest BCUT2D eigenvalue weighted by molar-refractivity contribution is 5.68. The van der Waals surface area contributed by atoms with Crippen molar-refractivity contribution in [2.75, 3.05) is 0 Å². The van der Waals surface area contributed by atoms with Crippen LogP contribution in [-0.2, 0) is 0 Å². The number of rotatable bonds is 2. The molecule has 0 aromatic heterocycles. The predicted octanol–water partition coefficient (Wildman–Crippen LogP) is 4.59. The van der Waals surface area contributed by atoms with E-state index >= 15 is 0 Å². The highest BCUT2D eigenvalue weighted by Crippen LogP contribution is 2.29. The van der Waals surface area contributed by atoms with Crippen LogP contribution in [0.5, 0.6) is 0 Å². The zero-order chi connectivity index (χ0) is 11.5. The molecule has 0 nitrogen and oxygen atoms in total. The Labute approximate surface area is 97.9 Å². The van der Waals surface area contributed by atoms with E-state index in [4.69, 9.17) is 0 Å². The second-order valence-electron chi connectivity index (χ2n) is 4.50. The molecule has 0 saturated carbocycles. The monoisotopic (exact) mass is 209 g/mol. The fourth-order valence-electron chi connectivity index (χ4n) is 2.02. The van der Waals surface area contributed by atoms with Crippen LogP contribution in [0, 0.1) is 13.0 Å². The third kappa shape index (κ3) is 2.16. The van der Waals surface area contributed by atoms with Crippen molar-refractivity contribution in [3.63, 3.8) is 0 Å². The van der Waals surface area contributed by atoms with E-state index in [0.29, 0.717) is 5.92 Å². The van der Waals surface area contributed by atoms with Gasteiger partial charge in [0.1, 0.15) is 0 Å². The van der Waals surface area contributed by atoms with Crippen LogP contribution in [0.25, 0.3) is 11.1 Å². The van der Waals surface area contributed by atoms with Crippen LogP contribution in [0.1, 0.15) is 30.9 Å². The van der Waals surface area contributed by atoms with Crippen molar-refractivity contribution in [3.8, 4) is 11.1 Å². The minimum atomic E-state index is 0.556. The van der Waals surface area contributed by atoms with Crippen molar-refractivity contribution in [2.45, 2.75) is 26.7 Å². The third-order valence-corrected chi connectivity index (χ3v) is 2.84. The second-order valence-corrected chi connectivity index (χ2v) is 4.50. The lowest BCUT2D eigenvalue weighted by Gasteiger charge is -2.12. The Morgan fingerprint density at radius 1 is 1.06 bits per heavy atom. The molecule has 0 amide bonds. The Hall–Kier alpha value is -1.56. The smallest absolute Gasteiger partial charge is 0.0149 e. The molecule has 0 unspecified atom stereocenters. The Kier molecular flexibility index (Phi) is 3.09. The maximum Gasteiger partial charge on any atom is -0.0149 e. The van der Waals surface area contributed by atoms with Crippen LogP contribution in [0.3, 0.4) is 0 Å². The standard InChI is InChI=1S/C16H17/c1-12(2)15-9-4-5-10-16(15)14-8-6-7-13(3)11-14/h4-6,8-12H,1-3H3. The summed E-state index contributed by atoms with van der Waals surface area (Å²) in [7, 11) is 0. The van der Waals surface area contributed by atoms with Crippen LogP contribution in [0.4, 0.5) is 0 Å². The van der Waals surface area contributed by atoms with E-state index in [9.17, 15) is 0 Å². The first-order valence-electron chi connectivity index (χ1n) is 5.76. The van der Waals surface area contributed by atoms with Gasteiger partial charge in [-0.3, -0.25) is 0 Å². The van der Waals surface area contributed by atoms with Crippen LogP contribution in [0.2, 0.25) is 0 Å². The van der Waals surface area contributed by atoms with Crippen molar-refractivity contribution < 1.29 is 0 Å². The summed E-state index contributed by atoms with van der Waals surface area (Å²) >= 11 is 0. The van der Waals surface area contributed by atoms with Crippen molar-refractivity contribution >= 4 is 0 Å². The summed E-state index contributed by atoms with van der Waals surface area (Å²) in [5, 5.41) is 0. The first kappa shape index (κ1) is 10.9. The summed E-state index contributed by atoms with van der Waals surface area (Å²) in [4.78, 5) is 0. The first-order chi connectivity index (χ1) is 7.68. The van der Waals surface area contributed by atoms with Crippen molar-refractivity contribution in [1.82, 2.24) is 0 Å². The second kappa shape index (κ2) is 4.52. The van der Waals surface area contributed by atoms with E-state index < -0.39 is 0 Å². The molecule has 0 heterocycles. The van der Waals surface area contributed by atoms with Crippen LogP contribution >= 0.6 is 0 Å². The van der Waals surface area contributed by atoms with Crippen LogP contribution in [0.15, 0.2) is 42.5 Å². The third-order valence-electron chi connectivity index (χ3n) is 2.84. The van der Waals surface area contributed by atoms with Gasteiger partial charge in [0.25, 0.3) is 0 Å². The minimum absolute atomic E-state index is 0.556. The van der Waals surface area contributed by atoms with Gasteiger partial charge in [0, 0.05) is 0 Å². The van der Waals surface area contributed by atoms with Gasteiger partial charge >= 0.3 is 0 Å². The van der Waals surface area contributed by atoms with Crippen molar-refractivity contribution in [3.05, 3.63) is 59.7 Å². The molecule has 2 aromatic rings. The summed E-state index contributed by atoms with van der Waals surface area (Å²) in [6, 6.07) is 18.1. The quantitative estimate of drug-likeness (QED) is 0.678. The maximum absolute atomic E-state index is 3.19. The lowest BCUT2D eigenvalue weighted by molar-refractivity contribution is 0.869. The van der Waals surface area contributed by atoms with E-state index in [1.54, 1.807) is 0 Å². The summed E-state index contributed by atoms with van der Waals surface area (Å²) in [6.07, 6.45) is 0. The molecular weight excluding hydrogens is 192 g/mol. The lowest BCUT2D eigenvalue weighted by Crippen LogP contribution is -1.92. The molecule has 0 fully saturated rings. The predicted molar refractivity (Wildman–Crippen MR) is 69.5 cm³/mol. The van der Waals surface area contributed by atoms with E-state index in [0.717, 1.165) is 0 Å². The molecule has 2 aromatic carbocycles. The fourth-order valence-corrected chi connectivity index (χ4v) is 2.02. The van der Waals surface area contributed by atoms with Crippen molar-refractivity contribution in [2.24, 2.45) is 0 Å². The zero-order valence-corrected chi connectivity index (χ0v) is 10.1. The lowest BCUT2D eigenvalue weighted by atomic mass is 9.92. The maximum atomic E-state index is 3.19. The normalized spacial score (nSPS) is 10.8. The molecule has 0 aliphatic heterocycles. The Bertz CT molecular complexity index is 481. The molecule has 0 atom stereocenters. The Balaban J connectivity index is 2.55. The number of hydrogen-bond acceptors (Lipinski definition) is 0. The van der Waals surface area contributed by atoms with Gasteiger partial charge < -0.3 is 0 Å². The molecule has 0 spiro atoms. The average molecular weight is 209 g/mol. The minimum Gasteiger partial charge on any atom is -0.0619 e. The zero-order valence-electron chi connectivity index (χ0n) is 10.1. The van der Waals surface area contributed by atoms with E-state index in [2.05, 4.69) is 63.2 Å².